The molecule has 0 aliphatic rings. The molecule has 2 aromatic heterocycles. The summed E-state index contributed by atoms with van der Waals surface area (Å²) in [6.45, 7) is 3.03. The number of pyridine rings is 1. The smallest absolute Gasteiger partial charge is 0.191 e. The predicted octanol–water partition coefficient (Wildman–Crippen LogP) is 3.99. The molecule has 2 heterocycles. The summed E-state index contributed by atoms with van der Waals surface area (Å²) < 4.78 is 21.6. The summed E-state index contributed by atoms with van der Waals surface area (Å²) in [7, 11) is 1.71. The number of guanidine groups is 1. The molecule has 1 atom stereocenters. The van der Waals surface area contributed by atoms with Crippen LogP contribution < -0.4 is 15.4 Å². The molecule has 0 aliphatic carbocycles. The number of rotatable bonds is 6. The number of aliphatic imine (C=N–C) groups is 1. The molecule has 6 nitrogen and oxygen atoms in total. The zero-order valence-corrected chi connectivity index (χ0v) is 19.4. The highest BCUT2D eigenvalue weighted by Crippen LogP contribution is 2.13. The molecule has 0 saturated carbocycles. The normalized spacial score (nSPS) is 12.4. The zero-order valence-electron chi connectivity index (χ0n) is 15.5. The van der Waals surface area contributed by atoms with E-state index in [0.29, 0.717) is 24.8 Å². The van der Waals surface area contributed by atoms with Gasteiger partial charge < -0.3 is 19.8 Å². The Bertz CT molecular complexity index is 932. The molecule has 0 saturated heterocycles. The first kappa shape index (κ1) is 22.4. The molecule has 0 bridgehead atoms. The van der Waals surface area contributed by atoms with Crippen molar-refractivity contribution in [2.75, 3.05) is 13.6 Å². The number of ether oxygens (including phenoxy) is 1. The van der Waals surface area contributed by atoms with E-state index in [9.17, 15) is 4.39 Å². The van der Waals surface area contributed by atoms with Gasteiger partial charge in [-0.2, -0.15) is 0 Å². The third kappa shape index (κ3) is 6.33. The van der Waals surface area contributed by atoms with Crippen LogP contribution in [0.25, 0.3) is 5.65 Å². The van der Waals surface area contributed by atoms with E-state index in [4.69, 9.17) is 4.74 Å². The molecule has 9 heteroatoms. The number of fused-ring (bicyclic) bond motifs is 1. The molecule has 1 unspecified atom stereocenters. The van der Waals surface area contributed by atoms with Crippen molar-refractivity contribution in [3.63, 3.8) is 0 Å². The molecule has 0 spiro atoms. The predicted molar refractivity (Wildman–Crippen MR) is 123 cm³/mol. The minimum atomic E-state index is -0.281. The molecule has 0 fully saturated rings. The molecule has 0 aliphatic heterocycles. The minimum absolute atomic E-state index is 0. The molecular weight excluding hydrogens is 540 g/mol. The van der Waals surface area contributed by atoms with Crippen molar-refractivity contribution in [1.82, 2.24) is 20.0 Å². The van der Waals surface area contributed by atoms with Gasteiger partial charge >= 0.3 is 0 Å². The highest BCUT2D eigenvalue weighted by molar-refractivity contribution is 14.0. The first-order chi connectivity index (χ1) is 13.0. The molecule has 150 valence electrons. The summed E-state index contributed by atoms with van der Waals surface area (Å²) in [5, 5.41) is 6.45. The number of hydrogen-bond acceptors (Lipinski definition) is 3. The number of nitrogens with one attached hydrogen (secondary N) is 2. The van der Waals surface area contributed by atoms with Gasteiger partial charge in [0.1, 0.15) is 23.3 Å². The average Bonchev–Trinajstić information content (AvgIpc) is 3.05. The summed E-state index contributed by atoms with van der Waals surface area (Å²) in [6, 6.07) is 9.89. The van der Waals surface area contributed by atoms with E-state index in [-0.39, 0.29) is 35.9 Å². The van der Waals surface area contributed by atoms with E-state index in [1.807, 2.05) is 35.9 Å². The maximum absolute atomic E-state index is 12.9. The van der Waals surface area contributed by atoms with Gasteiger partial charge in [-0.1, -0.05) is 0 Å². The van der Waals surface area contributed by atoms with Crippen LogP contribution in [-0.4, -0.2) is 35.0 Å². The van der Waals surface area contributed by atoms with Crippen LogP contribution in [0.2, 0.25) is 0 Å². The minimum Gasteiger partial charge on any atom is -0.489 e. The Labute approximate surface area is 188 Å². The second kappa shape index (κ2) is 10.6. The molecule has 28 heavy (non-hydrogen) atoms. The Morgan fingerprint density at radius 1 is 1.21 bits per heavy atom. The van der Waals surface area contributed by atoms with E-state index in [1.54, 1.807) is 19.2 Å². The van der Waals surface area contributed by atoms with Crippen molar-refractivity contribution < 1.29 is 9.13 Å². The van der Waals surface area contributed by atoms with Crippen LogP contribution in [-0.2, 0) is 6.54 Å². The Morgan fingerprint density at radius 2 is 1.96 bits per heavy atom. The third-order valence-corrected chi connectivity index (χ3v) is 4.30. The van der Waals surface area contributed by atoms with Crippen molar-refractivity contribution in [2.24, 2.45) is 4.99 Å². The second-order valence-electron chi connectivity index (χ2n) is 6.03. The van der Waals surface area contributed by atoms with Gasteiger partial charge in [-0.15, -0.1) is 24.0 Å². The van der Waals surface area contributed by atoms with E-state index in [0.717, 1.165) is 15.8 Å². The molecule has 3 rings (SSSR count). The summed E-state index contributed by atoms with van der Waals surface area (Å²) in [4.78, 5) is 8.77. The standard InChI is InChI=1S/C19H21BrFN5O.HI/c1-13(27-17-6-4-15(21)5-7-17)9-23-19(22-2)24-10-16-12-26-11-14(20)3-8-18(26)25-16;/h3-8,11-13H,9-10H2,1-2H3,(H2,22,23,24);1H. The van der Waals surface area contributed by atoms with Crippen molar-refractivity contribution in [2.45, 2.75) is 19.6 Å². The van der Waals surface area contributed by atoms with Crippen molar-refractivity contribution >= 4 is 51.5 Å². The van der Waals surface area contributed by atoms with Crippen LogP contribution in [0.15, 0.2) is 58.3 Å². The van der Waals surface area contributed by atoms with E-state index < -0.39 is 0 Å². The quantitative estimate of drug-likeness (QED) is 0.271. The topological polar surface area (TPSA) is 63.0 Å². The van der Waals surface area contributed by atoms with Crippen LogP contribution in [0.1, 0.15) is 12.6 Å². The van der Waals surface area contributed by atoms with Crippen LogP contribution in [0.3, 0.4) is 0 Å². The van der Waals surface area contributed by atoms with Crippen LogP contribution >= 0.6 is 39.9 Å². The van der Waals surface area contributed by atoms with Gasteiger partial charge in [0.05, 0.1) is 18.8 Å². The maximum atomic E-state index is 12.9. The Hall–Kier alpha value is -1.88. The highest BCUT2D eigenvalue weighted by atomic mass is 127. The largest absolute Gasteiger partial charge is 0.489 e. The first-order valence-corrected chi connectivity index (χ1v) is 9.32. The lowest BCUT2D eigenvalue weighted by Gasteiger charge is -2.17. The molecular formula is C19H22BrFIN5O. The van der Waals surface area contributed by atoms with Crippen molar-refractivity contribution in [1.29, 1.82) is 0 Å². The van der Waals surface area contributed by atoms with Crippen LogP contribution in [0.5, 0.6) is 5.75 Å². The highest BCUT2D eigenvalue weighted by Gasteiger charge is 2.07. The van der Waals surface area contributed by atoms with E-state index >= 15 is 0 Å². The Balaban J connectivity index is 0.00000280. The Morgan fingerprint density at radius 3 is 2.68 bits per heavy atom. The summed E-state index contributed by atoms with van der Waals surface area (Å²) in [6.07, 6.45) is 3.83. The van der Waals surface area contributed by atoms with Gasteiger partial charge in [0.15, 0.2) is 5.96 Å². The zero-order chi connectivity index (χ0) is 19.2. The number of halogens is 3. The number of imidazole rings is 1. The lowest BCUT2D eigenvalue weighted by Crippen LogP contribution is -2.41. The molecule has 1 aromatic carbocycles. The number of aromatic nitrogens is 2. The third-order valence-electron chi connectivity index (χ3n) is 3.83. The maximum Gasteiger partial charge on any atom is 0.191 e. The first-order valence-electron chi connectivity index (χ1n) is 8.53. The monoisotopic (exact) mass is 561 g/mol. The van der Waals surface area contributed by atoms with Crippen LogP contribution in [0, 0.1) is 5.82 Å². The van der Waals surface area contributed by atoms with Gasteiger partial charge in [0.2, 0.25) is 0 Å². The summed E-state index contributed by atoms with van der Waals surface area (Å²) in [5.41, 5.74) is 1.80. The van der Waals surface area contributed by atoms with Gasteiger partial charge in [0, 0.05) is 23.9 Å². The molecule has 2 N–H and O–H groups in total. The van der Waals surface area contributed by atoms with E-state index in [1.165, 1.54) is 12.1 Å². The Kier molecular flexibility index (Phi) is 8.49. The summed E-state index contributed by atoms with van der Waals surface area (Å²) in [5.74, 6) is 1.00. The average molecular weight is 562 g/mol. The van der Waals surface area contributed by atoms with Gasteiger partial charge in [0.25, 0.3) is 0 Å². The lowest BCUT2D eigenvalue weighted by molar-refractivity contribution is 0.223. The molecule has 0 radical (unpaired) electrons. The molecule has 3 aromatic rings. The van der Waals surface area contributed by atoms with Gasteiger partial charge in [-0.25, -0.2) is 9.37 Å². The van der Waals surface area contributed by atoms with Gasteiger partial charge in [-0.05, 0) is 59.3 Å². The fraction of sp³-hybridized carbons (Fsp3) is 0.263. The van der Waals surface area contributed by atoms with Crippen molar-refractivity contribution in [3.05, 3.63) is 64.8 Å². The summed E-state index contributed by atoms with van der Waals surface area (Å²) >= 11 is 3.45. The SMILES string of the molecule is CN=C(NCc1cn2cc(Br)ccc2n1)NCC(C)Oc1ccc(F)cc1.I. The van der Waals surface area contributed by atoms with Crippen molar-refractivity contribution in [3.8, 4) is 5.75 Å². The van der Waals surface area contributed by atoms with E-state index in [2.05, 4.69) is 36.5 Å². The fourth-order valence-electron chi connectivity index (χ4n) is 2.52. The fourth-order valence-corrected chi connectivity index (χ4v) is 2.88. The number of benzene rings is 1. The van der Waals surface area contributed by atoms with Crippen LogP contribution in [0.4, 0.5) is 4.39 Å². The second-order valence-corrected chi connectivity index (χ2v) is 6.95. The molecule has 0 amide bonds. The number of nitrogens with zero attached hydrogens (tertiary/aromatic N) is 3. The van der Waals surface area contributed by atoms with Gasteiger partial charge in [-0.3, -0.25) is 4.99 Å². The number of hydrogen-bond donors (Lipinski definition) is 2. The lowest BCUT2D eigenvalue weighted by atomic mass is 10.3.